The summed E-state index contributed by atoms with van der Waals surface area (Å²) in [5.74, 6) is 0. The topological polar surface area (TPSA) is 9.72 Å². The summed E-state index contributed by atoms with van der Waals surface area (Å²) in [5, 5.41) is 0. The van der Waals surface area contributed by atoms with Gasteiger partial charge >= 0.3 is 0 Å². The van der Waals surface area contributed by atoms with E-state index in [1.807, 2.05) is 41.5 Å². The largest absolute Gasteiger partial charge is 0.298 e. The summed E-state index contributed by atoms with van der Waals surface area (Å²) in [6.07, 6.45) is 12.7. The number of hydrogen-bond donors (Lipinski definition) is 0. The number of rotatable bonds is 0. The molecule has 0 aromatic carbocycles. The van der Waals surface area contributed by atoms with Crippen molar-refractivity contribution in [2.45, 2.75) is 291 Å². The van der Waals surface area contributed by atoms with Crippen LogP contribution in [0.3, 0.4) is 0 Å². The molecule has 0 amide bonds. The van der Waals surface area contributed by atoms with Crippen LogP contribution in [0, 0.1) is 16.2 Å². The van der Waals surface area contributed by atoms with Crippen molar-refractivity contribution in [2.75, 3.05) is 39.3 Å². The van der Waals surface area contributed by atoms with Gasteiger partial charge < -0.3 is 0 Å². The number of likely N-dealkylation sites (tertiary alicyclic amines) is 3. The summed E-state index contributed by atoms with van der Waals surface area (Å²) >= 11 is 0. The highest BCUT2D eigenvalue weighted by atomic mass is 15.2. The Kier molecular flexibility index (Phi) is 60.4. The maximum absolute atomic E-state index is 2.61. The molecule has 0 spiro atoms. The molecule has 3 nitrogen and oxygen atoms in total. The van der Waals surface area contributed by atoms with Crippen LogP contribution in [0.1, 0.15) is 274 Å². The number of hydrogen-bond acceptors (Lipinski definition) is 3. The van der Waals surface area contributed by atoms with Crippen LogP contribution in [-0.2, 0) is 0 Å². The summed E-state index contributed by atoms with van der Waals surface area (Å²) < 4.78 is 0. The Morgan fingerprint density at radius 2 is 0.309 bits per heavy atom. The van der Waals surface area contributed by atoms with E-state index < -0.39 is 0 Å². The highest BCUT2D eigenvalue weighted by molar-refractivity contribution is 4.80. The van der Waals surface area contributed by atoms with Gasteiger partial charge in [0.05, 0.1) is 0 Å². The van der Waals surface area contributed by atoms with Gasteiger partial charge in [-0.2, -0.15) is 0 Å². The van der Waals surface area contributed by atoms with Crippen molar-refractivity contribution in [1.29, 1.82) is 0 Å². The Bertz CT molecular complexity index is 602. The molecule has 0 bridgehead atoms. The van der Waals surface area contributed by atoms with Gasteiger partial charge in [-0.3, -0.25) is 14.7 Å². The highest BCUT2D eigenvalue weighted by Gasteiger charge is 2.24. The van der Waals surface area contributed by atoms with Gasteiger partial charge in [0.15, 0.2) is 0 Å². The Balaban J connectivity index is -0.0000000543. The monoisotopic (exact) mass is 794 g/mol. The second-order valence-electron chi connectivity index (χ2n) is 21.7. The third-order valence-corrected chi connectivity index (χ3v) is 6.91. The average Bonchev–Trinajstić information content (AvgIpc) is 3.37. The SMILES string of the molecule is C.C.C.C.CC.CC.CC.CC(C)(C)C.CC(C)(C)C.CC(C)(C)C.CC(C)(C)N1CCCC1.CC(C)(C)N1CCCCC1.CC(C)(C)N1CCCCCC1. The van der Waals surface area contributed by atoms with Gasteiger partial charge in [-0.05, 0) is 156 Å². The second kappa shape index (κ2) is 42.0. The van der Waals surface area contributed by atoms with E-state index in [0.29, 0.717) is 32.9 Å². The van der Waals surface area contributed by atoms with Crippen molar-refractivity contribution in [2.24, 2.45) is 16.2 Å². The van der Waals surface area contributed by atoms with E-state index in [1.54, 1.807) is 0 Å². The normalized spacial score (nSPS) is 16.2. The zero-order valence-corrected chi connectivity index (χ0v) is 41.9. The van der Waals surface area contributed by atoms with Crippen LogP contribution in [0.25, 0.3) is 0 Å². The van der Waals surface area contributed by atoms with Crippen LogP contribution < -0.4 is 0 Å². The van der Waals surface area contributed by atoms with E-state index in [0.717, 1.165) is 0 Å². The van der Waals surface area contributed by atoms with E-state index in [9.17, 15) is 0 Å². The molecule has 3 aliphatic heterocycles. The molecule has 3 saturated heterocycles. The molecule has 0 unspecified atom stereocenters. The molecular formula is C52H127N3. The van der Waals surface area contributed by atoms with E-state index in [4.69, 9.17) is 0 Å². The lowest BCUT2D eigenvalue weighted by Gasteiger charge is -2.38. The van der Waals surface area contributed by atoms with Crippen molar-refractivity contribution >= 4 is 0 Å². The Labute approximate surface area is 360 Å². The van der Waals surface area contributed by atoms with Crippen LogP contribution in [0.5, 0.6) is 0 Å². The smallest absolute Gasteiger partial charge is 0.0125 e. The molecule has 3 fully saturated rings. The first-order valence-electron chi connectivity index (χ1n) is 22.1. The lowest BCUT2D eigenvalue weighted by molar-refractivity contribution is 0.111. The summed E-state index contributed by atoms with van der Waals surface area (Å²) in [6.45, 7) is 66.8. The van der Waals surface area contributed by atoms with Crippen molar-refractivity contribution in [3.8, 4) is 0 Å². The lowest BCUT2D eigenvalue weighted by Crippen LogP contribution is -2.44. The maximum atomic E-state index is 2.61. The zero-order valence-electron chi connectivity index (χ0n) is 41.9. The van der Waals surface area contributed by atoms with E-state index in [-0.39, 0.29) is 29.7 Å². The summed E-state index contributed by atoms with van der Waals surface area (Å²) in [5.41, 5.74) is 2.71. The van der Waals surface area contributed by atoms with Gasteiger partial charge in [-0.1, -0.05) is 174 Å². The molecule has 0 N–H and O–H groups in total. The van der Waals surface area contributed by atoms with Gasteiger partial charge in [-0.25, -0.2) is 0 Å². The van der Waals surface area contributed by atoms with Crippen LogP contribution in [-0.4, -0.2) is 70.6 Å². The van der Waals surface area contributed by atoms with Crippen molar-refractivity contribution in [3.05, 3.63) is 0 Å². The number of piperidine rings is 1. The average molecular weight is 795 g/mol. The standard InChI is InChI=1S/C10H21N.C9H19N.C8H17N.3C5H12.3C2H6.4CH4/c1-10(2,3)11-8-6-4-5-7-9-11;1-9(2,3)10-7-5-4-6-8-10;1-8(2,3)9-6-4-5-7-9;3*1-5(2,3)4;3*1-2;;;;/h4-9H2,1-3H3;4-8H2,1-3H3;4-7H2,1-3H3;3*1-4H3;3*1-2H3;4*1H4. The quantitative estimate of drug-likeness (QED) is 0.242. The molecule has 0 aromatic heterocycles. The predicted octanol–water partition coefficient (Wildman–Crippen LogP) is 18.6. The minimum Gasteiger partial charge on any atom is -0.298 e. The molecular weight excluding hydrogens is 667 g/mol. The number of nitrogens with zero attached hydrogens (tertiary/aromatic N) is 3. The minimum absolute atomic E-state index is 0. The third kappa shape index (κ3) is 82.7. The molecule has 0 saturated carbocycles. The molecule has 350 valence electrons. The first kappa shape index (κ1) is 79.1. The molecule has 55 heavy (non-hydrogen) atoms. The minimum atomic E-state index is 0. The molecule has 0 aromatic rings. The molecule has 3 heterocycles. The Morgan fingerprint density at radius 1 is 0.218 bits per heavy atom. The van der Waals surface area contributed by atoms with Crippen molar-refractivity contribution in [3.63, 3.8) is 0 Å². The van der Waals surface area contributed by atoms with Gasteiger partial charge in [0.1, 0.15) is 0 Å². The molecule has 3 aliphatic rings. The fourth-order valence-corrected chi connectivity index (χ4v) is 4.69. The van der Waals surface area contributed by atoms with E-state index >= 15 is 0 Å². The summed E-state index contributed by atoms with van der Waals surface area (Å²) in [6, 6.07) is 0. The predicted molar refractivity (Wildman–Crippen MR) is 272 cm³/mol. The van der Waals surface area contributed by atoms with Gasteiger partial charge in [0, 0.05) is 16.6 Å². The van der Waals surface area contributed by atoms with Crippen LogP contribution in [0.4, 0.5) is 0 Å². The fraction of sp³-hybridized carbons (Fsp3) is 1.00. The molecule has 3 rings (SSSR count). The molecule has 3 heteroatoms. The zero-order chi connectivity index (χ0) is 42.3. The van der Waals surface area contributed by atoms with Crippen LogP contribution in [0.15, 0.2) is 0 Å². The van der Waals surface area contributed by atoms with Crippen molar-refractivity contribution in [1.82, 2.24) is 14.7 Å². The first-order chi connectivity index (χ1) is 22.8. The first-order valence-corrected chi connectivity index (χ1v) is 22.1. The Hall–Kier alpha value is -0.120. The van der Waals surface area contributed by atoms with Crippen LogP contribution >= 0.6 is 0 Å². The van der Waals surface area contributed by atoms with Crippen molar-refractivity contribution < 1.29 is 0 Å². The lowest BCUT2D eigenvalue weighted by atomic mass is 10.0. The summed E-state index contributed by atoms with van der Waals surface area (Å²) in [4.78, 5) is 7.74. The Morgan fingerprint density at radius 3 is 0.418 bits per heavy atom. The summed E-state index contributed by atoms with van der Waals surface area (Å²) in [7, 11) is 0. The van der Waals surface area contributed by atoms with E-state index in [2.05, 4.69) is 160 Å². The van der Waals surface area contributed by atoms with Crippen LogP contribution in [0.2, 0.25) is 0 Å². The second-order valence-corrected chi connectivity index (χ2v) is 21.7. The van der Waals surface area contributed by atoms with Gasteiger partial charge in [0.25, 0.3) is 0 Å². The fourth-order valence-electron chi connectivity index (χ4n) is 4.69. The highest BCUT2D eigenvalue weighted by Crippen LogP contribution is 2.21. The molecule has 0 radical (unpaired) electrons. The molecule has 0 aliphatic carbocycles. The third-order valence-electron chi connectivity index (χ3n) is 6.91. The molecule has 0 atom stereocenters. The maximum Gasteiger partial charge on any atom is 0.0125 e. The van der Waals surface area contributed by atoms with Gasteiger partial charge in [0.2, 0.25) is 0 Å². The van der Waals surface area contributed by atoms with E-state index in [1.165, 1.54) is 97.1 Å². The van der Waals surface area contributed by atoms with Gasteiger partial charge in [-0.15, -0.1) is 0 Å².